The number of ether oxygens (including phenoxy) is 1. The minimum Gasteiger partial charge on any atom is -0.464 e. The Morgan fingerprint density at radius 3 is 3.14 bits per heavy atom. The Kier molecular flexibility index (Phi) is 3.24. The molecule has 0 spiro atoms. The number of aromatic nitrogens is 2. The van der Waals surface area contributed by atoms with Crippen LogP contribution in [0, 0.1) is 11.3 Å². The maximum absolute atomic E-state index is 11.3. The third kappa shape index (κ3) is 1.91. The minimum atomic E-state index is -0.507. The molecule has 0 fully saturated rings. The van der Waals surface area contributed by atoms with E-state index in [-0.39, 0.29) is 11.8 Å². The van der Waals surface area contributed by atoms with Crippen molar-refractivity contribution in [1.82, 2.24) is 9.55 Å². The molecule has 0 amide bonds. The third-order valence-electron chi connectivity index (χ3n) is 1.81. The Labute approximate surface area is 81.9 Å². The van der Waals surface area contributed by atoms with Crippen molar-refractivity contribution in [3.8, 4) is 6.07 Å². The first-order valence-electron chi connectivity index (χ1n) is 4.30. The van der Waals surface area contributed by atoms with Crippen molar-refractivity contribution in [1.29, 1.82) is 5.26 Å². The summed E-state index contributed by atoms with van der Waals surface area (Å²) in [5.41, 5.74) is 0. The molecule has 0 N–H and O–H groups in total. The van der Waals surface area contributed by atoms with Crippen molar-refractivity contribution in [3.63, 3.8) is 0 Å². The molecule has 1 rings (SSSR count). The first-order valence-corrected chi connectivity index (χ1v) is 4.30. The van der Waals surface area contributed by atoms with Gasteiger partial charge in [0.05, 0.1) is 6.61 Å². The van der Waals surface area contributed by atoms with Crippen LogP contribution in [0.4, 0.5) is 0 Å². The molecular weight excluding hydrogens is 182 g/mol. The third-order valence-corrected chi connectivity index (χ3v) is 1.81. The molecular formula is C9H11N3O2. The standard InChI is InChI=1S/C9H11N3O2/c1-3-14-9(13)7(2)12-5-4-11-8(12)6-10/h4-5,7H,3H2,1-2H3. The van der Waals surface area contributed by atoms with Crippen molar-refractivity contribution in [2.24, 2.45) is 0 Å². The molecule has 0 aliphatic heterocycles. The number of rotatable bonds is 3. The van der Waals surface area contributed by atoms with E-state index in [4.69, 9.17) is 10.00 Å². The molecule has 1 heterocycles. The van der Waals surface area contributed by atoms with Gasteiger partial charge >= 0.3 is 5.97 Å². The number of carbonyl (C=O) groups is 1. The van der Waals surface area contributed by atoms with Gasteiger partial charge < -0.3 is 9.30 Å². The molecule has 1 unspecified atom stereocenters. The van der Waals surface area contributed by atoms with Crippen molar-refractivity contribution < 1.29 is 9.53 Å². The van der Waals surface area contributed by atoms with E-state index in [0.717, 1.165) is 0 Å². The average Bonchev–Trinajstić information content (AvgIpc) is 2.64. The second-order valence-electron chi connectivity index (χ2n) is 2.70. The molecule has 0 saturated carbocycles. The van der Waals surface area contributed by atoms with Gasteiger partial charge in [0.15, 0.2) is 0 Å². The predicted molar refractivity (Wildman–Crippen MR) is 48.3 cm³/mol. The molecule has 0 saturated heterocycles. The Hall–Kier alpha value is -1.83. The largest absolute Gasteiger partial charge is 0.464 e. The van der Waals surface area contributed by atoms with Gasteiger partial charge in [0.1, 0.15) is 12.1 Å². The molecule has 0 radical (unpaired) electrons. The van der Waals surface area contributed by atoms with Crippen LogP contribution in [-0.2, 0) is 9.53 Å². The predicted octanol–water partition coefficient (Wildman–Crippen LogP) is 0.879. The SMILES string of the molecule is CCOC(=O)C(C)n1ccnc1C#N. The lowest BCUT2D eigenvalue weighted by atomic mass is 10.3. The van der Waals surface area contributed by atoms with E-state index < -0.39 is 6.04 Å². The van der Waals surface area contributed by atoms with Crippen LogP contribution in [0.25, 0.3) is 0 Å². The molecule has 1 aromatic heterocycles. The van der Waals surface area contributed by atoms with E-state index in [2.05, 4.69) is 4.98 Å². The van der Waals surface area contributed by atoms with Gasteiger partial charge in [-0.2, -0.15) is 5.26 Å². The van der Waals surface area contributed by atoms with Crippen LogP contribution in [0.5, 0.6) is 0 Å². The number of imidazole rings is 1. The number of nitrogens with zero attached hydrogens (tertiary/aromatic N) is 3. The summed E-state index contributed by atoms with van der Waals surface area (Å²) in [5, 5.41) is 8.68. The van der Waals surface area contributed by atoms with Crippen molar-refractivity contribution in [2.75, 3.05) is 6.61 Å². The summed E-state index contributed by atoms with van der Waals surface area (Å²) < 4.78 is 6.31. The number of carbonyl (C=O) groups excluding carboxylic acids is 1. The van der Waals surface area contributed by atoms with Gasteiger partial charge in [0, 0.05) is 12.4 Å². The van der Waals surface area contributed by atoms with Crippen LogP contribution in [0.1, 0.15) is 25.7 Å². The van der Waals surface area contributed by atoms with Gasteiger partial charge in [-0.15, -0.1) is 0 Å². The smallest absolute Gasteiger partial charge is 0.328 e. The van der Waals surface area contributed by atoms with Crippen molar-refractivity contribution in [2.45, 2.75) is 19.9 Å². The fraction of sp³-hybridized carbons (Fsp3) is 0.444. The highest BCUT2D eigenvalue weighted by Crippen LogP contribution is 2.10. The van der Waals surface area contributed by atoms with Crippen LogP contribution in [0.15, 0.2) is 12.4 Å². The zero-order chi connectivity index (χ0) is 10.6. The van der Waals surface area contributed by atoms with E-state index in [1.165, 1.54) is 10.8 Å². The zero-order valence-corrected chi connectivity index (χ0v) is 8.10. The molecule has 14 heavy (non-hydrogen) atoms. The first-order chi connectivity index (χ1) is 6.70. The molecule has 0 bridgehead atoms. The molecule has 0 aromatic carbocycles. The summed E-state index contributed by atoms with van der Waals surface area (Å²) in [6, 6.07) is 1.39. The lowest BCUT2D eigenvalue weighted by molar-refractivity contribution is -0.146. The molecule has 1 aromatic rings. The van der Waals surface area contributed by atoms with Gasteiger partial charge in [0.25, 0.3) is 0 Å². The summed E-state index contributed by atoms with van der Waals surface area (Å²) in [6.07, 6.45) is 3.06. The summed E-state index contributed by atoms with van der Waals surface area (Å²) in [4.78, 5) is 15.1. The lowest BCUT2D eigenvalue weighted by Gasteiger charge is -2.11. The Bertz CT molecular complexity index is 364. The number of nitriles is 1. The van der Waals surface area contributed by atoms with Gasteiger partial charge in [-0.05, 0) is 13.8 Å². The summed E-state index contributed by atoms with van der Waals surface area (Å²) in [6.45, 7) is 3.74. The Morgan fingerprint density at radius 2 is 2.57 bits per heavy atom. The highest BCUT2D eigenvalue weighted by Gasteiger charge is 2.18. The summed E-state index contributed by atoms with van der Waals surface area (Å²) >= 11 is 0. The summed E-state index contributed by atoms with van der Waals surface area (Å²) in [7, 11) is 0. The Balaban J connectivity index is 2.84. The van der Waals surface area contributed by atoms with Gasteiger partial charge in [0.2, 0.25) is 5.82 Å². The van der Waals surface area contributed by atoms with Gasteiger partial charge in [-0.3, -0.25) is 0 Å². The van der Waals surface area contributed by atoms with E-state index >= 15 is 0 Å². The minimum absolute atomic E-state index is 0.213. The van der Waals surface area contributed by atoms with Crippen LogP contribution in [0.3, 0.4) is 0 Å². The number of hydrogen-bond donors (Lipinski definition) is 0. The second kappa shape index (κ2) is 4.42. The zero-order valence-electron chi connectivity index (χ0n) is 8.10. The van der Waals surface area contributed by atoms with Gasteiger partial charge in [-0.1, -0.05) is 0 Å². The highest BCUT2D eigenvalue weighted by atomic mass is 16.5. The highest BCUT2D eigenvalue weighted by molar-refractivity contribution is 5.73. The Morgan fingerprint density at radius 1 is 1.86 bits per heavy atom. The van der Waals surface area contributed by atoms with Crippen LogP contribution >= 0.6 is 0 Å². The topological polar surface area (TPSA) is 67.9 Å². The van der Waals surface area contributed by atoms with E-state index in [9.17, 15) is 4.79 Å². The molecule has 5 nitrogen and oxygen atoms in total. The van der Waals surface area contributed by atoms with Crippen molar-refractivity contribution >= 4 is 5.97 Å². The van der Waals surface area contributed by atoms with Crippen LogP contribution < -0.4 is 0 Å². The normalized spacial score (nSPS) is 11.8. The number of hydrogen-bond acceptors (Lipinski definition) is 4. The fourth-order valence-electron chi connectivity index (χ4n) is 1.09. The maximum atomic E-state index is 11.3. The van der Waals surface area contributed by atoms with Crippen molar-refractivity contribution in [3.05, 3.63) is 18.2 Å². The monoisotopic (exact) mass is 193 g/mol. The van der Waals surface area contributed by atoms with Crippen LogP contribution in [0.2, 0.25) is 0 Å². The van der Waals surface area contributed by atoms with E-state index in [1.54, 1.807) is 20.0 Å². The molecule has 0 aliphatic rings. The molecule has 74 valence electrons. The molecule has 5 heteroatoms. The van der Waals surface area contributed by atoms with E-state index in [0.29, 0.717) is 6.61 Å². The fourth-order valence-corrected chi connectivity index (χ4v) is 1.09. The number of esters is 1. The average molecular weight is 193 g/mol. The quantitative estimate of drug-likeness (QED) is 0.668. The van der Waals surface area contributed by atoms with Gasteiger partial charge in [-0.25, -0.2) is 9.78 Å². The molecule has 0 aliphatic carbocycles. The summed E-state index contributed by atoms with van der Waals surface area (Å²) in [5.74, 6) is -0.146. The second-order valence-corrected chi connectivity index (χ2v) is 2.70. The first kappa shape index (κ1) is 10.3. The van der Waals surface area contributed by atoms with E-state index in [1.807, 2.05) is 6.07 Å². The lowest BCUT2D eigenvalue weighted by Crippen LogP contribution is -2.19. The molecule has 1 atom stereocenters. The van der Waals surface area contributed by atoms with Crippen LogP contribution in [-0.4, -0.2) is 22.1 Å². The maximum Gasteiger partial charge on any atom is 0.328 e.